The van der Waals surface area contributed by atoms with E-state index >= 15 is 0 Å². The van der Waals surface area contributed by atoms with Gasteiger partial charge in [-0.05, 0) is 18.9 Å². The van der Waals surface area contributed by atoms with Gasteiger partial charge in [0.1, 0.15) is 12.2 Å². The van der Waals surface area contributed by atoms with Gasteiger partial charge in [-0.2, -0.15) is 0 Å². The van der Waals surface area contributed by atoms with E-state index in [0.29, 0.717) is 6.61 Å². The molecule has 1 rings (SSSR count). The smallest absolute Gasteiger partial charge is 0.174 e. The Balaban J connectivity index is 2.25. The molecule has 0 saturated heterocycles. The van der Waals surface area contributed by atoms with E-state index in [2.05, 4.69) is 13.8 Å². The lowest BCUT2D eigenvalue weighted by atomic mass is 10.1. The van der Waals surface area contributed by atoms with Crippen LogP contribution in [0.5, 0.6) is 0 Å². The van der Waals surface area contributed by atoms with E-state index in [1.807, 2.05) is 6.08 Å². The molecule has 4 heteroatoms. The Morgan fingerprint density at radius 2 is 1.70 bits per heavy atom. The number of unbranched alkanes of at least 4 members (excludes halogenated alkanes) is 4. The van der Waals surface area contributed by atoms with Crippen molar-refractivity contribution in [3.63, 3.8) is 0 Å². The van der Waals surface area contributed by atoms with Crippen molar-refractivity contribution < 1.29 is 19.3 Å². The molecule has 0 unspecified atom stereocenters. The van der Waals surface area contributed by atoms with E-state index in [4.69, 9.17) is 14.2 Å². The van der Waals surface area contributed by atoms with Crippen LogP contribution in [-0.4, -0.2) is 43.4 Å². The van der Waals surface area contributed by atoms with Gasteiger partial charge in [0.25, 0.3) is 0 Å². The summed E-state index contributed by atoms with van der Waals surface area (Å²) in [5.41, 5.74) is 0. The molecule has 118 valence electrons. The molecule has 0 aromatic rings. The second kappa shape index (κ2) is 11.3. The van der Waals surface area contributed by atoms with Crippen molar-refractivity contribution in [2.24, 2.45) is 0 Å². The second-order valence-electron chi connectivity index (χ2n) is 5.27. The molecule has 0 saturated carbocycles. The SMILES string of the molecule is CCCCCOC[C@H]1O[C@H](O)C=C[C@@H]1OCCCCC. The zero-order chi connectivity index (χ0) is 14.6. The summed E-state index contributed by atoms with van der Waals surface area (Å²) in [7, 11) is 0. The minimum Gasteiger partial charge on any atom is -0.379 e. The highest BCUT2D eigenvalue weighted by atomic mass is 16.6. The van der Waals surface area contributed by atoms with Gasteiger partial charge in [0.2, 0.25) is 0 Å². The topological polar surface area (TPSA) is 47.9 Å². The summed E-state index contributed by atoms with van der Waals surface area (Å²) in [6.45, 7) is 6.30. The van der Waals surface area contributed by atoms with Gasteiger partial charge < -0.3 is 19.3 Å². The Hall–Kier alpha value is -0.420. The fraction of sp³-hybridized carbons (Fsp3) is 0.875. The molecule has 0 aromatic heterocycles. The van der Waals surface area contributed by atoms with Gasteiger partial charge >= 0.3 is 0 Å². The molecule has 4 nitrogen and oxygen atoms in total. The molecular formula is C16H30O4. The summed E-state index contributed by atoms with van der Waals surface area (Å²) >= 11 is 0. The standard InChI is InChI=1S/C16H30O4/c1-3-5-7-11-18-13-15-14(9-10-16(17)20-15)19-12-8-6-4-2/h9-10,14-17H,3-8,11-13H2,1-2H3/t14-,15+,16-/m0/s1. The largest absolute Gasteiger partial charge is 0.379 e. The van der Waals surface area contributed by atoms with Crippen molar-refractivity contribution in [2.45, 2.75) is 70.9 Å². The van der Waals surface area contributed by atoms with Crippen LogP contribution in [0.25, 0.3) is 0 Å². The van der Waals surface area contributed by atoms with Crippen LogP contribution < -0.4 is 0 Å². The quantitative estimate of drug-likeness (QED) is 0.468. The van der Waals surface area contributed by atoms with Crippen molar-refractivity contribution in [2.75, 3.05) is 19.8 Å². The Kier molecular flexibility index (Phi) is 9.93. The van der Waals surface area contributed by atoms with Crippen molar-refractivity contribution in [3.8, 4) is 0 Å². The molecule has 1 aliphatic heterocycles. The van der Waals surface area contributed by atoms with Crippen LogP contribution in [0, 0.1) is 0 Å². The third-order valence-electron chi connectivity index (χ3n) is 3.38. The van der Waals surface area contributed by atoms with Crippen molar-refractivity contribution in [1.82, 2.24) is 0 Å². The summed E-state index contributed by atoms with van der Waals surface area (Å²) in [6, 6.07) is 0. The number of hydrogen-bond donors (Lipinski definition) is 1. The molecule has 1 heterocycles. The summed E-state index contributed by atoms with van der Waals surface area (Å²) in [4.78, 5) is 0. The lowest BCUT2D eigenvalue weighted by Gasteiger charge is -2.30. The minimum absolute atomic E-state index is 0.110. The van der Waals surface area contributed by atoms with E-state index in [1.54, 1.807) is 6.08 Å². The molecule has 0 amide bonds. The van der Waals surface area contributed by atoms with Crippen LogP contribution in [0.3, 0.4) is 0 Å². The predicted molar refractivity (Wildman–Crippen MR) is 79.6 cm³/mol. The van der Waals surface area contributed by atoms with Gasteiger partial charge in [0, 0.05) is 13.2 Å². The van der Waals surface area contributed by atoms with Crippen LogP contribution >= 0.6 is 0 Å². The van der Waals surface area contributed by atoms with Gasteiger partial charge in [0.15, 0.2) is 6.29 Å². The number of rotatable bonds is 11. The highest BCUT2D eigenvalue weighted by Crippen LogP contribution is 2.16. The molecule has 0 spiro atoms. The van der Waals surface area contributed by atoms with E-state index in [9.17, 15) is 5.11 Å². The zero-order valence-electron chi connectivity index (χ0n) is 12.9. The zero-order valence-corrected chi connectivity index (χ0v) is 12.9. The van der Waals surface area contributed by atoms with E-state index in [1.165, 1.54) is 25.7 Å². The summed E-state index contributed by atoms with van der Waals surface area (Å²) < 4.78 is 16.9. The lowest BCUT2D eigenvalue weighted by molar-refractivity contribution is -0.171. The first-order valence-corrected chi connectivity index (χ1v) is 7.99. The van der Waals surface area contributed by atoms with Gasteiger partial charge in [-0.15, -0.1) is 0 Å². The summed E-state index contributed by atoms with van der Waals surface area (Å²) in [6.07, 6.45) is 9.24. The third kappa shape index (κ3) is 7.39. The highest BCUT2D eigenvalue weighted by Gasteiger charge is 2.27. The van der Waals surface area contributed by atoms with Gasteiger partial charge in [-0.3, -0.25) is 0 Å². The number of ether oxygens (including phenoxy) is 3. The maximum absolute atomic E-state index is 9.53. The first-order valence-electron chi connectivity index (χ1n) is 7.99. The maximum atomic E-state index is 9.53. The second-order valence-corrected chi connectivity index (χ2v) is 5.27. The minimum atomic E-state index is -0.838. The first kappa shape index (κ1) is 17.6. The highest BCUT2D eigenvalue weighted by molar-refractivity contribution is 5.00. The normalized spacial score (nSPS) is 26.1. The molecule has 0 aromatic carbocycles. The number of aliphatic hydroxyl groups excluding tert-OH is 1. The molecule has 1 N–H and O–H groups in total. The summed E-state index contributed by atoms with van der Waals surface area (Å²) in [5.74, 6) is 0. The Morgan fingerprint density at radius 3 is 2.40 bits per heavy atom. The van der Waals surface area contributed by atoms with E-state index in [-0.39, 0.29) is 12.2 Å². The molecule has 0 aliphatic carbocycles. The van der Waals surface area contributed by atoms with Crippen molar-refractivity contribution in [3.05, 3.63) is 12.2 Å². The van der Waals surface area contributed by atoms with Crippen molar-refractivity contribution >= 4 is 0 Å². The fourth-order valence-corrected chi connectivity index (χ4v) is 2.15. The maximum Gasteiger partial charge on any atom is 0.174 e. The molecule has 1 aliphatic rings. The van der Waals surface area contributed by atoms with Crippen LogP contribution in [0.4, 0.5) is 0 Å². The van der Waals surface area contributed by atoms with E-state index in [0.717, 1.165) is 26.1 Å². The first-order chi connectivity index (χ1) is 9.77. The Bertz CT molecular complexity index is 255. The van der Waals surface area contributed by atoms with Crippen LogP contribution in [0.15, 0.2) is 12.2 Å². The average molecular weight is 286 g/mol. The Morgan fingerprint density at radius 1 is 1.00 bits per heavy atom. The average Bonchev–Trinajstić information content (AvgIpc) is 2.45. The van der Waals surface area contributed by atoms with E-state index < -0.39 is 6.29 Å². The van der Waals surface area contributed by atoms with Crippen LogP contribution in [0.2, 0.25) is 0 Å². The third-order valence-corrected chi connectivity index (χ3v) is 3.38. The Labute approximate surface area is 123 Å². The van der Waals surface area contributed by atoms with Crippen LogP contribution in [0.1, 0.15) is 52.4 Å². The van der Waals surface area contributed by atoms with Gasteiger partial charge in [-0.1, -0.05) is 45.6 Å². The van der Waals surface area contributed by atoms with Gasteiger partial charge in [0.05, 0.1) is 6.61 Å². The molecule has 3 atom stereocenters. The lowest BCUT2D eigenvalue weighted by Crippen LogP contribution is -2.40. The van der Waals surface area contributed by atoms with Gasteiger partial charge in [-0.25, -0.2) is 0 Å². The monoisotopic (exact) mass is 286 g/mol. The van der Waals surface area contributed by atoms with Crippen molar-refractivity contribution in [1.29, 1.82) is 0 Å². The molecule has 0 bridgehead atoms. The van der Waals surface area contributed by atoms with Crippen LogP contribution in [-0.2, 0) is 14.2 Å². The molecule has 0 radical (unpaired) electrons. The fourth-order valence-electron chi connectivity index (χ4n) is 2.15. The summed E-state index contributed by atoms with van der Waals surface area (Å²) in [5, 5.41) is 9.53. The molecule has 0 fully saturated rings. The number of hydrogen-bond acceptors (Lipinski definition) is 4. The predicted octanol–water partition coefficient (Wildman–Crippen LogP) is 3.04. The number of aliphatic hydroxyl groups is 1. The molecule has 20 heavy (non-hydrogen) atoms. The molecular weight excluding hydrogens is 256 g/mol.